The Hall–Kier alpha value is -18.9. The lowest BCUT2D eigenvalue weighted by Crippen LogP contribution is -2.34. The molecule has 32 nitrogen and oxygen atoms in total. The number of rotatable bonds is 40. The molecule has 148 heavy (non-hydrogen) atoms. The van der Waals surface area contributed by atoms with Crippen molar-refractivity contribution in [1.29, 1.82) is 0 Å². The first-order valence-corrected chi connectivity index (χ1v) is 46.3. The number of imide groups is 8. The highest BCUT2D eigenvalue weighted by Crippen LogP contribution is 2.50. The van der Waals surface area contributed by atoms with Gasteiger partial charge in [-0.2, -0.15) is 0 Å². The Kier molecular flexibility index (Phi) is 32.8. The molecule has 752 valence electrons. The quantitative estimate of drug-likeness (QED) is 0.0254. The molecule has 0 N–H and O–H groups in total. The van der Waals surface area contributed by atoms with Gasteiger partial charge in [-0.25, -0.2) is 39.2 Å². The fourth-order valence-corrected chi connectivity index (χ4v) is 16.9. The van der Waals surface area contributed by atoms with Crippen molar-refractivity contribution in [3.05, 3.63) is 389 Å². The Morgan fingerprint density at radius 3 is 0.696 bits per heavy atom. The topological polar surface area (TPSA) is 373 Å². The Bertz CT molecular complexity index is 6760. The number of anilines is 8. The average molecular weight is 1990 g/mol. The van der Waals surface area contributed by atoms with Crippen LogP contribution in [0.4, 0.5) is 45.5 Å². The first kappa shape index (κ1) is 106. The molecule has 8 heterocycles. The van der Waals surface area contributed by atoms with Crippen LogP contribution in [0, 0.1) is 0 Å². The molecule has 16 amide bonds. The maximum absolute atomic E-state index is 12.7. The van der Waals surface area contributed by atoms with Crippen LogP contribution in [0.1, 0.15) is 99.9 Å². The third kappa shape index (κ3) is 22.2. The van der Waals surface area contributed by atoms with E-state index in [0.29, 0.717) is 97.1 Å². The summed E-state index contributed by atoms with van der Waals surface area (Å²) < 4.78 is 46.8. The van der Waals surface area contributed by atoms with Gasteiger partial charge in [0.15, 0.2) is 0 Å². The highest BCUT2D eigenvalue weighted by Gasteiger charge is 2.42. The molecular formula is C116H104N8O24. The van der Waals surface area contributed by atoms with Crippen LogP contribution in [0.5, 0.6) is 46.0 Å². The van der Waals surface area contributed by atoms with E-state index < -0.39 is 116 Å². The van der Waals surface area contributed by atoms with Gasteiger partial charge in [-0.15, -0.1) is 0 Å². The maximum Gasteiger partial charge on any atom is 0.258 e. The monoisotopic (exact) mass is 1990 g/mol. The highest BCUT2D eigenvalue weighted by molar-refractivity contribution is 6.34. The van der Waals surface area contributed by atoms with Crippen LogP contribution in [0.25, 0.3) is 0 Å². The summed E-state index contributed by atoms with van der Waals surface area (Å²) in [4.78, 5) is 206. The summed E-state index contributed by atoms with van der Waals surface area (Å²) in [5, 5.41) is 0. The van der Waals surface area contributed by atoms with E-state index in [1.54, 1.807) is 164 Å². The zero-order chi connectivity index (χ0) is 107. The maximum atomic E-state index is 12.7. The van der Waals surface area contributed by atoms with Crippen LogP contribution in [-0.2, 0) is 98.4 Å². The molecule has 0 aliphatic carbocycles. The number of ether oxygens (including phenoxy) is 8. The van der Waals surface area contributed by atoms with Gasteiger partial charge < -0.3 is 37.9 Å². The molecule has 0 aromatic heterocycles. The fraction of sp³-hybridized carbons (Fsp3) is 0.172. The number of amides is 16. The highest BCUT2D eigenvalue weighted by atomic mass is 16.5. The molecule has 0 spiro atoms. The Morgan fingerprint density at radius 1 is 0.196 bits per heavy atom. The van der Waals surface area contributed by atoms with Crippen molar-refractivity contribution in [3.63, 3.8) is 0 Å². The normalized spacial score (nSPS) is 15.1. The number of nitrogens with zero attached hydrogens (tertiary/aromatic N) is 8. The zero-order valence-electron chi connectivity index (χ0n) is 82.4. The molecule has 0 fully saturated rings. The second-order valence-electron chi connectivity index (χ2n) is 35.5. The first-order chi connectivity index (χ1) is 70.7. The summed E-state index contributed by atoms with van der Waals surface area (Å²) >= 11 is 0. The van der Waals surface area contributed by atoms with E-state index in [9.17, 15) is 76.7 Å². The van der Waals surface area contributed by atoms with E-state index in [2.05, 4.69) is 52.6 Å². The summed E-state index contributed by atoms with van der Waals surface area (Å²) in [5.74, 6) is -4.20. The zero-order valence-corrected chi connectivity index (χ0v) is 82.4. The summed E-state index contributed by atoms with van der Waals surface area (Å²) in [6, 6.07) is 41.9. The van der Waals surface area contributed by atoms with Gasteiger partial charge in [-0.05, 0) is 112 Å². The average Bonchev–Trinajstić information content (AvgIpc) is 1.50. The molecule has 8 aromatic carbocycles. The molecule has 8 aromatic rings. The second-order valence-corrected chi connectivity index (χ2v) is 35.5. The van der Waals surface area contributed by atoms with E-state index in [4.69, 9.17) is 37.9 Å². The molecule has 0 saturated carbocycles. The van der Waals surface area contributed by atoms with Gasteiger partial charge >= 0.3 is 0 Å². The SMILES string of the molecule is C=CCOc1cc(C(C)(C)c2ccc(N3C(=O)C=CC3=O)c(OCC=C)c2)ccc1N1C(=O)C=CC1=O.C=CCOc1cc(C(C)(C)c2cccc(OCC=C)c2N2C(=O)C=CC2=O)ccc1N1C(=O)C=CC1=O.C=CCOc1cc(N2C(=O)C=CC2=O)ccc1C(C)(C)c1ccc(N2C(=O)C=CC2=O)cc1OCC=C.C=CCOc1ccc(C(C)(C)c2ccc(OCC=C)c(N3C(=O)C=CC3=O)c2)cc1N1C(=O)C=CC1=O. The molecule has 0 radical (unpaired) electrons. The van der Waals surface area contributed by atoms with E-state index >= 15 is 0 Å². The molecule has 0 bridgehead atoms. The third-order valence-electron chi connectivity index (χ3n) is 24.6. The van der Waals surface area contributed by atoms with E-state index in [1.807, 2.05) is 85.7 Å². The lowest BCUT2D eigenvalue weighted by Gasteiger charge is -2.32. The predicted octanol–water partition coefficient (Wildman–Crippen LogP) is 16.0. The minimum atomic E-state index is -0.784. The molecule has 16 rings (SSSR count). The molecule has 8 aliphatic heterocycles. The van der Waals surface area contributed by atoms with Crippen molar-refractivity contribution in [2.45, 2.75) is 77.0 Å². The number of hydrogen-bond donors (Lipinski definition) is 0. The predicted molar refractivity (Wildman–Crippen MR) is 559 cm³/mol. The Morgan fingerprint density at radius 2 is 0.419 bits per heavy atom. The molecule has 32 heteroatoms. The summed E-state index contributed by atoms with van der Waals surface area (Å²) in [6.07, 6.45) is 32.1. The lowest BCUT2D eigenvalue weighted by molar-refractivity contribution is -0.121. The lowest BCUT2D eigenvalue weighted by atomic mass is 9.76. The van der Waals surface area contributed by atoms with Gasteiger partial charge in [-0.1, -0.05) is 211 Å². The van der Waals surface area contributed by atoms with Gasteiger partial charge in [-0.3, -0.25) is 76.7 Å². The van der Waals surface area contributed by atoms with Crippen LogP contribution < -0.4 is 77.1 Å². The van der Waals surface area contributed by atoms with Gasteiger partial charge in [0.1, 0.15) is 98.9 Å². The molecule has 0 saturated heterocycles. The number of para-hydroxylation sites is 1. The number of benzene rings is 8. The van der Waals surface area contributed by atoms with Crippen molar-refractivity contribution in [3.8, 4) is 46.0 Å². The number of carbonyl (C=O) groups excluding carboxylic acids is 16. The van der Waals surface area contributed by atoms with Crippen LogP contribution >= 0.6 is 0 Å². The third-order valence-corrected chi connectivity index (χ3v) is 24.6. The molecule has 8 aliphatic rings. The van der Waals surface area contributed by atoms with Crippen LogP contribution in [0.2, 0.25) is 0 Å². The van der Waals surface area contributed by atoms with Crippen molar-refractivity contribution in [1.82, 2.24) is 0 Å². The van der Waals surface area contributed by atoms with E-state index in [-0.39, 0.29) is 52.9 Å². The van der Waals surface area contributed by atoms with E-state index in [0.717, 1.165) is 78.1 Å². The molecule has 0 atom stereocenters. The van der Waals surface area contributed by atoms with E-state index in [1.165, 1.54) is 97.2 Å². The standard InChI is InChI=1S/4C29H26N2O6/c1-5-15-36-23-9-7-19(17-21(23)30-25(32)11-12-26(30)33)29(3,4)20-8-10-24(37-16-6-2)22(18-20)31-27(34)13-14-28(31)35;1-5-15-36-23-17-19(30-25(32)11-12-26(30)33)7-9-21(23)29(3,4)22-10-8-20(18-24(22)37-16-6-2)31-27(34)13-14-28(31)35;1-5-15-36-23-17-19(7-9-21(23)30-25(32)11-12-26(30)33)29(3,4)20-8-10-22(24(18-20)37-16-6-2)31-27(34)13-14-28(31)35;1-5-16-36-22-9-7-8-20(28(22)31-26(34)14-15-27(31)35)29(3,4)19-10-11-21(23(18-19)37-17-6-2)30-24(32)12-13-25(30)33/h3*5-14,17-18H,1-2,15-16H2,3-4H3;5-15,18H,1-2,16-17H2,3-4H3. The number of carbonyl (C=O) groups is 16. The van der Waals surface area contributed by atoms with Gasteiger partial charge in [0, 0.05) is 142 Å². The summed E-state index contributed by atoms with van der Waals surface area (Å²) in [7, 11) is 0. The van der Waals surface area contributed by atoms with Gasteiger partial charge in [0.05, 0.1) is 45.5 Å². The van der Waals surface area contributed by atoms with Gasteiger partial charge in [0.2, 0.25) is 0 Å². The first-order valence-electron chi connectivity index (χ1n) is 46.3. The van der Waals surface area contributed by atoms with Crippen LogP contribution in [0.3, 0.4) is 0 Å². The largest absolute Gasteiger partial charge is 0.489 e. The van der Waals surface area contributed by atoms with Crippen molar-refractivity contribution in [2.75, 3.05) is 92.1 Å². The van der Waals surface area contributed by atoms with Crippen molar-refractivity contribution < 1.29 is 115 Å². The Labute approximate surface area is 853 Å². The number of hydrogen-bond acceptors (Lipinski definition) is 24. The molecular weight excluding hydrogens is 1890 g/mol. The minimum absolute atomic E-state index is 0.152. The van der Waals surface area contributed by atoms with Crippen LogP contribution in [0.15, 0.2) is 344 Å². The fourth-order valence-electron chi connectivity index (χ4n) is 16.9. The Balaban J connectivity index is 0.000000165. The summed E-state index contributed by atoms with van der Waals surface area (Å²) in [6.45, 7) is 46.6. The summed E-state index contributed by atoms with van der Waals surface area (Å²) in [5.41, 5.74) is 6.04. The smallest absolute Gasteiger partial charge is 0.258 e. The van der Waals surface area contributed by atoms with Crippen molar-refractivity contribution in [2.24, 2.45) is 0 Å². The van der Waals surface area contributed by atoms with Crippen molar-refractivity contribution >= 4 is 140 Å². The van der Waals surface area contributed by atoms with Gasteiger partial charge in [0.25, 0.3) is 94.5 Å². The van der Waals surface area contributed by atoms with Crippen LogP contribution in [-0.4, -0.2) is 147 Å². The minimum Gasteiger partial charge on any atom is -0.489 e. The molecule has 0 unspecified atom stereocenters. The second kappa shape index (κ2) is 45.6.